The van der Waals surface area contributed by atoms with E-state index in [9.17, 15) is 10.4 Å². The molecule has 1 aliphatic heterocycles. The fourth-order valence-corrected chi connectivity index (χ4v) is 5.01. The lowest BCUT2D eigenvalue weighted by Crippen LogP contribution is -2.55. The molecule has 31 heavy (non-hydrogen) atoms. The van der Waals surface area contributed by atoms with Gasteiger partial charge in [-0.1, -0.05) is 26.0 Å². The number of benzene rings is 1. The predicted octanol–water partition coefficient (Wildman–Crippen LogP) is 4.21. The van der Waals surface area contributed by atoms with E-state index in [4.69, 9.17) is 0 Å². The first-order chi connectivity index (χ1) is 14.8. The van der Waals surface area contributed by atoms with Crippen LogP contribution in [0.2, 0.25) is 0 Å². The fourth-order valence-electron chi connectivity index (χ4n) is 5.01. The number of anilines is 1. The van der Waals surface area contributed by atoms with Gasteiger partial charge in [0.2, 0.25) is 0 Å². The van der Waals surface area contributed by atoms with Gasteiger partial charge in [0, 0.05) is 42.6 Å². The summed E-state index contributed by atoms with van der Waals surface area (Å²) in [7, 11) is 0. The number of fused-ring (bicyclic) bond motifs is 1. The summed E-state index contributed by atoms with van der Waals surface area (Å²) < 4.78 is 1.95. The fraction of sp³-hybridized carbons (Fsp3) is 0.480. The van der Waals surface area contributed by atoms with Crippen LogP contribution in [0, 0.1) is 23.2 Å². The SMILES string of the molecule is C[C@@H]1CN(c2cc(-n3ncc4ccc(C5(C#N)CCC5)cc43)ccn2)C[C@H](C)[C@]1(C)O. The van der Waals surface area contributed by atoms with Crippen LogP contribution in [0.25, 0.3) is 16.6 Å². The van der Waals surface area contributed by atoms with Crippen LogP contribution in [0.4, 0.5) is 5.82 Å². The van der Waals surface area contributed by atoms with Crippen molar-refractivity contribution < 1.29 is 5.11 Å². The Kier molecular flexibility index (Phi) is 4.56. The highest BCUT2D eigenvalue weighted by Gasteiger charge is 2.41. The van der Waals surface area contributed by atoms with Gasteiger partial charge in [0.15, 0.2) is 0 Å². The number of aliphatic hydroxyl groups is 1. The van der Waals surface area contributed by atoms with Gasteiger partial charge in [0.05, 0.1) is 34.5 Å². The van der Waals surface area contributed by atoms with Crippen molar-refractivity contribution >= 4 is 16.7 Å². The van der Waals surface area contributed by atoms with Crippen LogP contribution in [-0.4, -0.2) is 38.6 Å². The first-order valence-corrected chi connectivity index (χ1v) is 11.2. The Morgan fingerprint density at radius 1 is 1.13 bits per heavy atom. The van der Waals surface area contributed by atoms with Crippen molar-refractivity contribution in [2.45, 2.75) is 51.0 Å². The van der Waals surface area contributed by atoms with E-state index >= 15 is 0 Å². The van der Waals surface area contributed by atoms with E-state index in [2.05, 4.69) is 59.2 Å². The Balaban J connectivity index is 1.51. The summed E-state index contributed by atoms with van der Waals surface area (Å²) in [6.45, 7) is 7.67. The zero-order valence-corrected chi connectivity index (χ0v) is 18.4. The minimum atomic E-state index is -0.666. The summed E-state index contributed by atoms with van der Waals surface area (Å²) in [6.07, 6.45) is 6.67. The second-order valence-corrected chi connectivity index (χ2v) is 9.68. The molecule has 5 rings (SSSR count). The minimum Gasteiger partial charge on any atom is -0.389 e. The monoisotopic (exact) mass is 415 g/mol. The van der Waals surface area contributed by atoms with E-state index in [1.165, 1.54) is 0 Å². The zero-order valence-electron chi connectivity index (χ0n) is 18.4. The smallest absolute Gasteiger partial charge is 0.130 e. The molecule has 1 saturated heterocycles. The summed E-state index contributed by atoms with van der Waals surface area (Å²) in [4.78, 5) is 6.88. The number of nitrogens with zero attached hydrogens (tertiary/aromatic N) is 5. The van der Waals surface area contributed by atoms with E-state index in [-0.39, 0.29) is 17.3 Å². The lowest BCUT2D eigenvalue weighted by molar-refractivity contribution is -0.0504. The van der Waals surface area contributed by atoms with Crippen molar-refractivity contribution in [2.75, 3.05) is 18.0 Å². The van der Waals surface area contributed by atoms with E-state index in [0.717, 1.165) is 60.3 Å². The molecule has 0 unspecified atom stereocenters. The van der Waals surface area contributed by atoms with Gasteiger partial charge < -0.3 is 10.0 Å². The molecule has 6 heteroatoms. The summed E-state index contributed by atoms with van der Waals surface area (Å²) in [6, 6.07) is 12.9. The standard InChI is InChI=1S/C25H29N5O/c1-17-14-29(15-18(2)24(17,3)31)23-12-21(7-10-27-23)30-22-11-20(6-5-19(22)13-28-30)25(16-26)8-4-9-25/h5-7,10-13,17-18,31H,4,8-9,14-15H2,1-3H3/t17-,18+,24-. The van der Waals surface area contributed by atoms with Gasteiger partial charge in [-0.15, -0.1) is 0 Å². The largest absolute Gasteiger partial charge is 0.389 e. The van der Waals surface area contributed by atoms with Crippen LogP contribution in [0.1, 0.15) is 45.6 Å². The maximum atomic E-state index is 10.8. The van der Waals surface area contributed by atoms with Gasteiger partial charge in [0.25, 0.3) is 0 Å². The number of rotatable bonds is 3. The molecular formula is C25H29N5O. The van der Waals surface area contributed by atoms with Crippen LogP contribution in [0.15, 0.2) is 42.7 Å². The molecule has 2 aromatic heterocycles. The molecule has 1 N–H and O–H groups in total. The van der Waals surface area contributed by atoms with Crippen LogP contribution in [0.5, 0.6) is 0 Å². The summed E-state index contributed by atoms with van der Waals surface area (Å²) in [5.41, 5.74) is 2.05. The van der Waals surface area contributed by atoms with Crippen molar-refractivity contribution in [3.8, 4) is 11.8 Å². The molecule has 2 aliphatic rings. The van der Waals surface area contributed by atoms with E-state index in [0.29, 0.717) is 0 Å². The summed E-state index contributed by atoms with van der Waals surface area (Å²) in [5, 5.41) is 26.2. The Morgan fingerprint density at radius 2 is 1.87 bits per heavy atom. The second kappa shape index (κ2) is 7.06. The predicted molar refractivity (Wildman–Crippen MR) is 121 cm³/mol. The molecule has 2 fully saturated rings. The molecule has 3 heterocycles. The third kappa shape index (κ3) is 3.11. The van der Waals surface area contributed by atoms with Crippen molar-refractivity contribution in [1.29, 1.82) is 5.26 Å². The third-order valence-electron chi connectivity index (χ3n) is 7.83. The summed E-state index contributed by atoms with van der Waals surface area (Å²) in [5.74, 6) is 1.21. The van der Waals surface area contributed by atoms with Gasteiger partial charge >= 0.3 is 0 Å². The number of piperidine rings is 1. The molecule has 160 valence electrons. The number of pyridine rings is 1. The van der Waals surface area contributed by atoms with Crippen molar-refractivity contribution in [2.24, 2.45) is 11.8 Å². The molecule has 0 bridgehead atoms. The van der Waals surface area contributed by atoms with Crippen molar-refractivity contribution in [3.05, 3.63) is 48.3 Å². The minimum absolute atomic E-state index is 0.152. The normalized spacial score (nSPS) is 27.6. The molecule has 6 nitrogen and oxygen atoms in total. The highest BCUT2D eigenvalue weighted by molar-refractivity contribution is 5.81. The van der Waals surface area contributed by atoms with E-state index in [1.54, 1.807) is 0 Å². The Hall–Kier alpha value is -2.91. The quantitative estimate of drug-likeness (QED) is 0.693. The lowest BCUT2D eigenvalue weighted by Gasteiger charge is -2.46. The van der Waals surface area contributed by atoms with Crippen molar-refractivity contribution in [1.82, 2.24) is 14.8 Å². The first kappa shape index (κ1) is 20.0. The molecule has 1 aliphatic carbocycles. The Labute approximate surface area is 183 Å². The van der Waals surface area contributed by atoms with Gasteiger partial charge in [0.1, 0.15) is 5.82 Å². The molecule has 0 amide bonds. The van der Waals surface area contributed by atoms with E-state index < -0.39 is 5.60 Å². The van der Waals surface area contributed by atoms with Crippen LogP contribution < -0.4 is 4.90 Å². The average molecular weight is 416 g/mol. The van der Waals surface area contributed by atoms with Gasteiger partial charge in [-0.2, -0.15) is 10.4 Å². The number of hydrogen-bond acceptors (Lipinski definition) is 5. The highest BCUT2D eigenvalue weighted by atomic mass is 16.3. The van der Waals surface area contributed by atoms with Crippen LogP contribution >= 0.6 is 0 Å². The first-order valence-electron chi connectivity index (χ1n) is 11.2. The number of aromatic nitrogens is 3. The van der Waals surface area contributed by atoms with Crippen LogP contribution in [-0.2, 0) is 5.41 Å². The van der Waals surface area contributed by atoms with E-state index in [1.807, 2.05) is 30.1 Å². The highest BCUT2D eigenvalue weighted by Crippen LogP contribution is 2.44. The molecule has 0 radical (unpaired) electrons. The molecule has 1 aromatic carbocycles. The summed E-state index contributed by atoms with van der Waals surface area (Å²) >= 11 is 0. The zero-order chi connectivity index (χ0) is 21.8. The maximum absolute atomic E-state index is 10.8. The van der Waals surface area contributed by atoms with Crippen LogP contribution in [0.3, 0.4) is 0 Å². The second-order valence-electron chi connectivity index (χ2n) is 9.68. The molecule has 3 aromatic rings. The van der Waals surface area contributed by atoms with Gasteiger partial charge in [-0.3, -0.25) is 0 Å². The molecule has 1 saturated carbocycles. The third-order valence-corrected chi connectivity index (χ3v) is 7.83. The lowest BCUT2D eigenvalue weighted by atomic mass is 9.65. The molecule has 3 atom stereocenters. The number of hydrogen-bond donors (Lipinski definition) is 1. The molecule has 0 spiro atoms. The average Bonchev–Trinajstić information content (AvgIpc) is 3.15. The Morgan fingerprint density at radius 3 is 2.52 bits per heavy atom. The topological polar surface area (TPSA) is 78.0 Å². The van der Waals surface area contributed by atoms with Crippen molar-refractivity contribution in [3.63, 3.8) is 0 Å². The maximum Gasteiger partial charge on any atom is 0.130 e. The Bertz CT molecular complexity index is 1160. The van der Waals surface area contributed by atoms with Gasteiger partial charge in [-0.25, -0.2) is 9.67 Å². The number of nitriles is 1. The molecular weight excluding hydrogens is 386 g/mol. The van der Waals surface area contributed by atoms with Gasteiger partial charge in [-0.05, 0) is 43.9 Å².